The van der Waals surface area contributed by atoms with E-state index in [2.05, 4.69) is 15.1 Å². The van der Waals surface area contributed by atoms with Gasteiger partial charge in [0.25, 0.3) is 0 Å². The number of rotatable bonds is 2. The molecular formula is C41H43N3O10S. The number of aryl methyl sites for hydroxylation is 1. The monoisotopic (exact) mass is 769 g/mol. The number of aliphatic hydroxyl groups is 1. The molecule has 4 bridgehead atoms. The summed E-state index contributed by atoms with van der Waals surface area (Å²) >= 11 is 1.51. The van der Waals surface area contributed by atoms with Crippen LogP contribution >= 0.6 is 11.8 Å². The van der Waals surface area contributed by atoms with Crippen molar-refractivity contribution in [2.45, 2.75) is 74.7 Å². The lowest BCUT2D eigenvalue weighted by Crippen LogP contribution is -2.69. The fourth-order valence-electron chi connectivity index (χ4n) is 10.6. The zero-order chi connectivity index (χ0) is 38.1. The first-order valence-corrected chi connectivity index (χ1v) is 19.8. The van der Waals surface area contributed by atoms with Crippen LogP contribution in [0.25, 0.3) is 11.0 Å². The van der Waals surface area contributed by atoms with E-state index in [9.17, 15) is 19.8 Å². The molecule has 55 heavy (non-hydrogen) atoms. The summed E-state index contributed by atoms with van der Waals surface area (Å²) in [6.07, 6.45) is 1.17. The van der Waals surface area contributed by atoms with Crippen LogP contribution in [0.2, 0.25) is 0 Å². The summed E-state index contributed by atoms with van der Waals surface area (Å²) in [6.45, 7) is 5.90. The molecule has 0 amide bonds. The Bertz CT molecular complexity index is 2330. The molecule has 13 nitrogen and oxygen atoms in total. The molecule has 2 saturated heterocycles. The van der Waals surface area contributed by atoms with Gasteiger partial charge in [-0.2, -0.15) is 0 Å². The molecule has 3 N–H and O–H groups in total. The summed E-state index contributed by atoms with van der Waals surface area (Å²) in [4.78, 5) is 31.9. The summed E-state index contributed by atoms with van der Waals surface area (Å²) in [5, 5.41) is 29.3. The van der Waals surface area contributed by atoms with Crippen molar-refractivity contribution in [3.8, 4) is 28.7 Å². The highest BCUT2D eigenvalue weighted by atomic mass is 32.2. The third-order valence-electron chi connectivity index (χ3n) is 12.6. The minimum atomic E-state index is -1.45. The zero-order valence-corrected chi connectivity index (χ0v) is 32.1. The number of esters is 2. The standard InChI is InChI=1S/C41H43N3O10S/c1-19-14-22-15-40(48)16-43(4)30(27(22)32(46)33(19)49-5)31-37-29-28(36-35(51-18-52-36)20(2)34(29)53-21(3)45)25(44(31)40)11-13-50-39(47)41(17-55-37)38-24(10-12-42-41)23-8-6-7-9-26(23)54-38/h6-9,14,25,30-31,37,42,46,48H,10-13,15-18H2,1-5H3/t25-,30-,31+,37+,40?,41+/m0/s1. The molecule has 4 aromatic rings. The number of nitrogens with zero attached hydrogens (tertiary/aromatic N) is 2. The number of thioether (sulfide) groups is 1. The highest BCUT2D eigenvalue weighted by Crippen LogP contribution is 2.65. The number of nitrogens with one attached hydrogen (secondary N) is 1. The van der Waals surface area contributed by atoms with E-state index in [0.29, 0.717) is 58.4 Å². The lowest BCUT2D eigenvalue weighted by atomic mass is 9.77. The maximum atomic E-state index is 14.7. The van der Waals surface area contributed by atoms with Gasteiger partial charge in [0, 0.05) is 83.9 Å². The molecule has 8 aliphatic heterocycles. The van der Waals surface area contributed by atoms with Gasteiger partial charge in [-0.3, -0.25) is 19.9 Å². The Morgan fingerprint density at radius 3 is 2.69 bits per heavy atom. The Labute approximate surface area is 321 Å². The van der Waals surface area contributed by atoms with Crippen LogP contribution < -0.4 is 24.3 Å². The highest BCUT2D eigenvalue weighted by Gasteiger charge is 2.63. The van der Waals surface area contributed by atoms with E-state index >= 15 is 0 Å². The zero-order valence-electron chi connectivity index (χ0n) is 31.3. The fourth-order valence-corrected chi connectivity index (χ4v) is 12.3. The third-order valence-corrected chi connectivity index (χ3v) is 14.0. The summed E-state index contributed by atoms with van der Waals surface area (Å²) in [6, 6.07) is 8.26. The lowest BCUT2D eigenvalue weighted by Gasteiger charge is -2.60. The number of fused-ring (bicyclic) bond motifs is 9. The summed E-state index contributed by atoms with van der Waals surface area (Å²) in [5.74, 6) is 1.58. The minimum absolute atomic E-state index is 0.00854. The van der Waals surface area contributed by atoms with Crippen molar-refractivity contribution in [3.05, 3.63) is 75.0 Å². The Balaban J connectivity index is 1.26. The molecule has 9 heterocycles. The predicted molar refractivity (Wildman–Crippen MR) is 201 cm³/mol. The molecule has 0 radical (unpaired) electrons. The lowest BCUT2D eigenvalue weighted by molar-refractivity contribution is -0.209. The number of carbonyl (C=O) groups is 2. The minimum Gasteiger partial charge on any atom is -0.504 e. The molecule has 2 fully saturated rings. The maximum absolute atomic E-state index is 14.7. The largest absolute Gasteiger partial charge is 0.504 e. The second kappa shape index (κ2) is 12.3. The van der Waals surface area contributed by atoms with Crippen LogP contribution in [0, 0.1) is 13.8 Å². The highest BCUT2D eigenvalue weighted by molar-refractivity contribution is 7.99. The average Bonchev–Trinajstić information content (AvgIpc) is 3.74. The van der Waals surface area contributed by atoms with Crippen molar-refractivity contribution in [3.63, 3.8) is 0 Å². The van der Waals surface area contributed by atoms with Crippen LogP contribution in [0.1, 0.15) is 75.4 Å². The van der Waals surface area contributed by atoms with E-state index in [1.165, 1.54) is 18.7 Å². The van der Waals surface area contributed by atoms with Gasteiger partial charge in [0.1, 0.15) is 22.8 Å². The number of phenols is 1. The second-order valence-electron chi connectivity index (χ2n) is 15.7. The van der Waals surface area contributed by atoms with E-state index in [1.807, 2.05) is 51.2 Å². The SMILES string of the molecule is COc1c(C)cc2c(c1O)[C@H]1[C@@H]3[C@@H]4SC[C@]5(NCCc6c5oc5ccccc65)C(=O)OCC[C@@H](c5c6c(c(C)c(OC(C)=O)c54)OCO6)N3C(O)(C2)CN1C. The second-order valence-corrected chi connectivity index (χ2v) is 16.8. The number of aromatic hydroxyl groups is 1. The Hall–Kier alpha value is -4.47. The molecule has 1 spiro atoms. The van der Waals surface area contributed by atoms with Gasteiger partial charge in [0.15, 0.2) is 28.5 Å². The van der Waals surface area contributed by atoms with Crippen molar-refractivity contribution in [1.82, 2.24) is 15.1 Å². The van der Waals surface area contributed by atoms with Gasteiger partial charge < -0.3 is 38.3 Å². The number of piperazine rings is 1. The molecule has 12 rings (SSSR count). The van der Waals surface area contributed by atoms with E-state index in [0.717, 1.165) is 33.2 Å². The Morgan fingerprint density at radius 1 is 1.09 bits per heavy atom. The smallest absolute Gasteiger partial charge is 0.335 e. The van der Waals surface area contributed by atoms with Gasteiger partial charge in [-0.1, -0.05) is 24.3 Å². The van der Waals surface area contributed by atoms with Crippen LogP contribution in [-0.4, -0.2) is 90.1 Å². The Morgan fingerprint density at radius 2 is 1.89 bits per heavy atom. The molecule has 288 valence electrons. The van der Waals surface area contributed by atoms with Gasteiger partial charge in [-0.15, -0.1) is 11.8 Å². The molecule has 8 aliphatic rings. The number of hydrogen-bond acceptors (Lipinski definition) is 14. The van der Waals surface area contributed by atoms with Gasteiger partial charge in [-0.25, -0.2) is 4.79 Å². The first-order valence-electron chi connectivity index (χ1n) is 18.8. The molecular weight excluding hydrogens is 727 g/mol. The molecule has 2 unspecified atom stereocenters. The summed E-state index contributed by atoms with van der Waals surface area (Å²) < 4.78 is 37.2. The summed E-state index contributed by atoms with van der Waals surface area (Å²) in [5.41, 5.74) is 3.23. The first kappa shape index (κ1) is 35.0. The number of ether oxygens (including phenoxy) is 5. The summed E-state index contributed by atoms with van der Waals surface area (Å²) in [7, 11) is 3.51. The van der Waals surface area contributed by atoms with Crippen LogP contribution in [-0.2, 0) is 32.7 Å². The van der Waals surface area contributed by atoms with E-state index in [-0.39, 0.29) is 44.3 Å². The molecule has 0 saturated carbocycles. The van der Waals surface area contributed by atoms with Crippen LogP contribution in [0.4, 0.5) is 0 Å². The normalized spacial score (nSPS) is 30.5. The number of methoxy groups -OCH3 is 1. The van der Waals surface area contributed by atoms with Gasteiger partial charge in [-0.05, 0) is 44.5 Å². The van der Waals surface area contributed by atoms with Crippen LogP contribution in [0.5, 0.6) is 28.7 Å². The number of benzene rings is 3. The fraction of sp³-hybridized carbons (Fsp3) is 0.463. The number of para-hydroxylation sites is 1. The number of phenolic OH excluding ortho intramolecular Hbond substituents is 1. The molecule has 1 aromatic heterocycles. The number of carbonyl (C=O) groups excluding carboxylic acids is 2. The first-order chi connectivity index (χ1) is 26.5. The molecule has 7 atom stereocenters. The quantitative estimate of drug-likeness (QED) is 0.188. The van der Waals surface area contributed by atoms with Crippen molar-refractivity contribution >= 4 is 34.7 Å². The van der Waals surface area contributed by atoms with Crippen LogP contribution in [0.3, 0.4) is 0 Å². The molecule has 3 aromatic carbocycles. The van der Waals surface area contributed by atoms with Crippen molar-refractivity contribution in [1.29, 1.82) is 0 Å². The van der Waals surface area contributed by atoms with E-state index in [4.69, 9.17) is 28.1 Å². The van der Waals surface area contributed by atoms with Crippen molar-refractivity contribution < 1.29 is 47.9 Å². The number of furan rings is 1. The van der Waals surface area contributed by atoms with Crippen LogP contribution in [0.15, 0.2) is 34.7 Å². The van der Waals surface area contributed by atoms with Gasteiger partial charge in [0.05, 0.1) is 25.0 Å². The van der Waals surface area contributed by atoms with Gasteiger partial charge >= 0.3 is 11.9 Å². The van der Waals surface area contributed by atoms with Crippen molar-refractivity contribution in [2.24, 2.45) is 0 Å². The maximum Gasteiger partial charge on any atom is 0.335 e. The van der Waals surface area contributed by atoms with E-state index < -0.39 is 46.6 Å². The number of hydrogen-bond donors (Lipinski definition) is 3. The topological polar surface area (TPSA) is 152 Å². The number of likely N-dealkylation sites (N-methyl/N-ethyl adjacent to an activating group) is 1. The third kappa shape index (κ3) is 4.75. The van der Waals surface area contributed by atoms with E-state index in [1.54, 1.807) is 7.11 Å². The molecule has 0 aliphatic carbocycles. The molecule has 14 heteroatoms. The Kier molecular flexibility index (Phi) is 7.80. The van der Waals surface area contributed by atoms with Crippen molar-refractivity contribution in [2.75, 3.05) is 46.4 Å². The predicted octanol–water partition coefficient (Wildman–Crippen LogP) is 4.84. The van der Waals surface area contributed by atoms with Gasteiger partial charge in [0.2, 0.25) is 6.79 Å². The average molecular weight is 770 g/mol.